The number of aliphatic hydroxyl groups is 1. The van der Waals surface area contributed by atoms with Crippen LogP contribution in [0.25, 0.3) is 0 Å². The van der Waals surface area contributed by atoms with E-state index in [4.69, 9.17) is 19.6 Å². The molecule has 4 aromatic carbocycles. The minimum atomic E-state index is -1.18. The first-order valence-electron chi connectivity index (χ1n) is 13.8. The molecule has 1 N–H and O–H groups in total. The van der Waals surface area contributed by atoms with Gasteiger partial charge in [0, 0.05) is 42.6 Å². The first kappa shape index (κ1) is 27.2. The monoisotopic (exact) mass is 610 g/mol. The number of halogens is 1. The van der Waals surface area contributed by atoms with Crippen molar-refractivity contribution in [1.82, 2.24) is 4.90 Å². The lowest BCUT2D eigenvalue weighted by Crippen LogP contribution is -2.49. The molecule has 0 bridgehead atoms. The summed E-state index contributed by atoms with van der Waals surface area (Å²) in [6.07, 6.45) is 0.390. The van der Waals surface area contributed by atoms with Gasteiger partial charge in [-0.3, -0.25) is 4.79 Å². The van der Waals surface area contributed by atoms with Crippen molar-refractivity contribution in [2.75, 3.05) is 13.2 Å². The second kappa shape index (κ2) is 11.9. The fourth-order valence-electron chi connectivity index (χ4n) is 5.56. The Morgan fingerprint density at radius 3 is 2.37 bits per heavy atom. The summed E-state index contributed by atoms with van der Waals surface area (Å²) in [4.78, 5) is 21.9. The fraction of sp³-hybridized carbons (Fsp3) is 0.235. The molecule has 1 spiro atoms. The van der Waals surface area contributed by atoms with Gasteiger partial charge in [0.05, 0.1) is 6.61 Å². The highest BCUT2D eigenvalue weighted by atomic mass is 79.9. The third-order valence-electron chi connectivity index (χ3n) is 7.62. The number of aliphatic imine (C=N–C) groups is 1. The van der Waals surface area contributed by atoms with Crippen LogP contribution in [0, 0.1) is 0 Å². The fourth-order valence-corrected chi connectivity index (χ4v) is 5.83. The molecule has 0 saturated heterocycles. The summed E-state index contributed by atoms with van der Waals surface area (Å²) in [5.74, 6) is 1.09. The van der Waals surface area contributed by atoms with Gasteiger partial charge in [0.1, 0.15) is 5.75 Å². The van der Waals surface area contributed by atoms with Gasteiger partial charge < -0.3 is 19.5 Å². The molecule has 0 unspecified atom stereocenters. The minimum Gasteiger partial charge on any atom is -0.494 e. The van der Waals surface area contributed by atoms with Crippen LogP contribution in [0.4, 0.5) is 0 Å². The molecular formula is C34H31BrN2O4. The Morgan fingerprint density at radius 1 is 0.927 bits per heavy atom. The van der Waals surface area contributed by atoms with Crippen LogP contribution in [0.1, 0.15) is 40.3 Å². The lowest BCUT2D eigenvalue weighted by atomic mass is 9.82. The number of hydrogen-bond acceptors (Lipinski definition) is 5. The van der Waals surface area contributed by atoms with Gasteiger partial charge in [-0.15, -0.1) is 0 Å². The van der Waals surface area contributed by atoms with Crippen molar-refractivity contribution in [2.45, 2.75) is 37.6 Å². The number of nitrogens with zero attached hydrogens (tertiary/aromatic N) is 2. The third kappa shape index (κ3) is 5.65. The molecule has 2 aliphatic rings. The standard InChI is InChI=1S/C34H31BrN2O4/c35-29-15-11-25(12-16-29)31-34(36-32(41-31)26-13-17-30(18-14-26)40-20-6-19-38)21-27-9-4-5-10-28(27)23-37(33(34)39)22-24-7-2-1-3-8-24/h1-5,7-18,31,38H,6,19-23H2/t31-,34-/m0/s1. The maximum absolute atomic E-state index is 14.8. The molecule has 0 aromatic heterocycles. The van der Waals surface area contributed by atoms with Crippen LogP contribution in [-0.2, 0) is 29.0 Å². The molecule has 4 aromatic rings. The second-order valence-corrected chi connectivity index (χ2v) is 11.3. The molecular weight excluding hydrogens is 580 g/mol. The molecule has 0 fully saturated rings. The smallest absolute Gasteiger partial charge is 0.255 e. The molecule has 41 heavy (non-hydrogen) atoms. The van der Waals surface area contributed by atoms with Crippen LogP contribution in [0.2, 0.25) is 0 Å². The van der Waals surface area contributed by atoms with Crippen molar-refractivity contribution in [1.29, 1.82) is 0 Å². The summed E-state index contributed by atoms with van der Waals surface area (Å²) in [7, 11) is 0. The van der Waals surface area contributed by atoms with E-state index in [1.165, 1.54) is 0 Å². The predicted molar refractivity (Wildman–Crippen MR) is 162 cm³/mol. The van der Waals surface area contributed by atoms with Crippen molar-refractivity contribution in [3.8, 4) is 5.75 Å². The number of ether oxygens (including phenoxy) is 2. The maximum Gasteiger partial charge on any atom is 0.255 e. The van der Waals surface area contributed by atoms with Crippen molar-refractivity contribution in [3.63, 3.8) is 0 Å². The molecule has 1 amide bonds. The first-order chi connectivity index (χ1) is 20.1. The SMILES string of the molecule is O=C1N(Cc2ccccc2)Cc2ccccc2C[C@@]12N=C(c1ccc(OCCCO)cc1)O[C@H]2c1ccc(Br)cc1. The molecule has 2 atom stereocenters. The second-order valence-electron chi connectivity index (χ2n) is 10.4. The molecule has 6 nitrogen and oxygen atoms in total. The van der Waals surface area contributed by atoms with E-state index < -0.39 is 11.6 Å². The summed E-state index contributed by atoms with van der Waals surface area (Å²) in [5.41, 5.74) is 3.77. The van der Waals surface area contributed by atoms with Crippen LogP contribution >= 0.6 is 15.9 Å². The number of hydrogen-bond donors (Lipinski definition) is 1. The average Bonchev–Trinajstić information content (AvgIpc) is 3.34. The van der Waals surface area contributed by atoms with E-state index in [1.54, 1.807) is 0 Å². The van der Waals surface area contributed by atoms with E-state index in [2.05, 4.69) is 28.1 Å². The number of fused-ring (bicyclic) bond motifs is 1. The number of rotatable bonds is 8. The molecule has 0 radical (unpaired) electrons. The quantitative estimate of drug-likeness (QED) is 0.239. The van der Waals surface area contributed by atoms with Gasteiger partial charge in [0.2, 0.25) is 5.90 Å². The summed E-state index contributed by atoms with van der Waals surface area (Å²) in [5, 5.41) is 9.04. The van der Waals surface area contributed by atoms with Crippen molar-refractivity contribution >= 4 is 27.7 Å². The van der Waals surface area contributed by atoms with Gasteiger partial charge >= 0.3 is 0 Å². The molecule has 0 aliphatic carbocycles. The summed E-state index contributed by atoms with van der Waals surface area (Å²) in [6.45, 7) is 1.50. The van der Waals surface area contributed by atoms with E-state index in [0.29, 0.717) is 44.2 Å². The minimum absolute atomic E-state index is 0.0515. The maximum atomic E-state index is 14.8. The number of carbonyl (C=O) groups is 1. The van der Waals surface area contributed by atoms with Gasteiger partial charge in [0.25, 0.3) is 5.91 Å². The van der Waals surface area contributed by atoms with Gasteiger partial charge in [-0.25, -0.2) is 4.99 Å². The van der Waals surface area contributed by atoms with E-state index in [1.807, 2.05) is 95.9 Å². The van der Waals surface area contributed by atoms with Gasteiger partial charge in [-0.05, 0) is 58.7 Å². The number of benzene rings is 4. The lowest BCUT2D eigenvalue weighted by molar-refractivity contribution is -0.140. The van der Waals surface area contributed by atoms with Gasteiger partial charge in [-0.2, -0.15) is 0 Å². The molecule has 0 saturated carbocycles. The Bertz CT molecular complexity index is 1540. The van der Waals surface area contributed by atoms with Gasteiger partial charge in [0.15, 0.2) is 11.6 Å². The number of carbonyl (C=O) groups excluding carboxylic acids is 1. The number of amides is 1. The molecule has 2 heterocycles. The molecule has 2 aliphatic heterocycles. The predicted octanol–water partition coefficient (Wildman–Crippen LogP) is 6.25. The van der Waals surface area contributed by atoms with E-state index in [9.17, 15) is 4.79 Å². The largest absolute Gasteiger partial charge is 0.494 e. The zero-order valence-corrected chi connectivity index (χ0v) is 24.2. The van der Waals surface area contributed by atoms with Crippen molar-refractivity contribution < 1.29 is 19.4 Å². The topological polar surface area (TPSA) is 71.4 Å². The summed E-state index contributed by atoms with van der Waals surface area (Å²) in [6, 6.07) is 33.8. The van der Waals surface area contributed by atoms with Crippen LogP contribution < -0.4 is 4.74 Å². The van der Waals surface area contributed by atoms with E-state index in [0.717, 1.165) is 32.3 Å². The highest BCUT2D eigenvalue weighted by Crippen LogP contribution is 2.45. The molecule has 6 rings (SSSR count). The molecule has 7 heteroatoms. The summed E-state index contributed by atoms with van der Waals surface area (Å²) >= 11 is 3.54. The highest BCUT2D eigenvalue weighted by Gasteiger charge is 2.56. The Kier molecular flexibility index (Phi) is 7.90. The first-order valence-corrected chi connectivity index (χ1v) is 14.6. The van der Waals surface area contributed by atoms with E-state index >= 15 is 0 Å². The van der Waals surface area contributed by atoms with Crippen LogP contribution in [0.3, 0.4) is 0 Å². The van der Waals surface area contributed by atoms with Crippen LogP contribution in [0.15, 0.2) is 113 Å². The van der Waals surface area contributed by atoms with Crippen LogP contribution in [0.5, 0.6) is 5.75 Å². The van der Waals surface area contributed by atoms with Gasteiger partial charge in [-0.1, -0.05) is 82.7 Å². The Balaban J connectivity index is 1.44. The van der Waals surface area contributed by atoms with Crippen molar-refractivity contribution in [2.24, 2.45) is 4.99 Å². The zero-order chi connectivity index (χ0) is 28.2. The highest BCUT2D eigenvalue weighted by molar-refractivity contribution is 9.10. The molecule has 208 valence electrons. The van der Waals surface area contributed by atoms with Crippen LogP contribution in [-0.4, -0.2) is 40.6 Å². The Labute approximate surface area is 248 Å². The Hall–Kier alpha value is -3.94. The average molecular weight is 612 g/mol. The third-order valence-corrected chi connectivity index (χ3v) is 8.15. The Morgan fingerprint density at radius 2 is 1.63 bits per heavy atom. The van der Waals surface area contributed by atoms with Crippen molar-refractivity contribution in [3.05, 3.63) is 135 Å². The summed E-state index contributed by atoms with van der Waals surface area (Å²) < 4.78 is 13.3. The van der Waals surface area contributed by atoms with E-state index in [-0.39, 0.29) is 12.5 Å². The number of aliphatic hydroxyl groups excluding tert-OH is 1. The normalized spacial score (nSPS) is 19.9. The lowest BCUT2D eigenvalue weighted by Gasteiger charge is -2.33. The zero-order valence-electron chi connectivity index (χ0n) is 22.6.